The van der Waals surface area contributed by atoms with Crippen molar-refractivity contribution in [2.24, 2.45) is 0 Å². The lowest BCUT2D eigenvalue weighted by atomic mass is 9.98. The molecular formula is C25H18ClNO5. The normalized spacial score (nSPS) is 15.2. The van der Waals surface area contributed by atoms with Gasteiger partial charge in [0.25, 0.3) is 5.91 Å². The second kappa shape index (κ2) is 7.73. The second-order valence-electron chi connectivity index (χ2n) is 7.41. The number of rotatable bonds is 4. The van der Waals surface area contributed by atoms with Crippen molar-refractivity contribution in [1.29, 1.82) is 0 Å². The predicted octanol–water partition coefficient (Wildman–Crippen LogP) is 5.30. The van der Waals surface area contributed by atoms with E-state index in [2.05, 4.69) is 0 Å². The van der Waals surface area contributed by atoms with Crippen molar-refractivity contribution in [2.75, 3.05) is 11.5 Å². The number of nitrogens with zero attached hydrogens (tertiary/aromatic N) is 1. The van der Waals surface area contributed by atoms with E-state index in [4.69, 9.17) is 20.8 Å². The summed E-state index contributed by atoms with van der Waals surface area (Å²) in [5, 5.41) is 10.8. The summed E-state index contributed by atoms with van der Waals surface area (Å²) in [6.07, 6.45) is 0. The Kier molecular flexibility index (Phi) is 4.87. The lowest BCUT2D eigenvalue weighted by Gasteiger charge is -2.25. The van der Waals surface area contributed by atoms with Crippen LogP contribution in [0.3, 0.4) is 0 Å². The predicted molar refractivity (Wildman–Crippen MR) is 122 cm³/mol. The van der Waals surface area contributed by atoms with Crippen molar-refractivity contribution in [3.05, 3.63) is 98.9 Å². The Labute approximate surface area is 188 Å². The number of aromatic hydroxyl groups is 1. The number of phenolic OH excluding ortho intramolecular Hbond substituents is 1. The average Bonchev–Trinajstić information content (AvgIpc) is 3.08. The molecule has 1 amide bonds. The van der Waals surface area contributed by atoms with Crippen LogP contribution in [-0.2, 0) is 0 Å². The number of hydrogen-bond acceptors (Lipinski definition) is 5. The number of carbonyl (C=O) groups excluding carboxylic acids is 1. The molecule has 0 radical (unpaired) electrons. The Morgan fingerprint density at radius 2 is 1.84 bits per heavy atom. The first-order chi connectivity index (χ1) is 15.5. The minimum Gasteiger partial charge on any atom is -0.508 e. The largest absolute Gasteiger partial charge is 0.508 e. The van der Waals surface area contributed by atoms with E-state index < -0.39 is 11.9 Å². The molecule has 0 bridgehead atoms. The maximum atomic E-state index is 13.5. The molecule has 0 spiro atoms. The Morgan fingerprint density at radius 1 is 1.06 bits per heavy atom. The van der Waals surface area contributed by atoms with E-state index >= 15 is 0 Å². The molecule has 6 nitrogen and oxygen atoms in total. The summed E-state index contributed by atoms with van der Waals surface area (Å²) >= 11 is 6.11. The molecule has 0 saturated carbocycles. The Hall–Kier alpha value is -3.77. The van der Waals surface area contributed by atoms with Crippen LogP contribution in [0.4, 0.5) is 5.69 Å². The Bertz CT molecular complexity index is 1410. The number of hydrogen-bond donors (Lipinski definition) is 1. The van der Waals surface area contributed by atoms with Gasteiger partial charge in [-0.25, -0.2) is 0 Å². The fourth-order valence-corrected chi connectivity index (χ4v) is 4.26. The molecular weight excluding hydrogens is 430 g/mol. The lowest BCUT2D eigenvalue weighted by molar-refractivity contribution is 0.0971. The van der Waals surface area contributed by atoms with Crippen molar-refractivity contribution < 1.29 is 19.1 Å². The molecule has 4 aromatic rings. The molecule has 1 aliphatic rings. The number of carbonyl (C=O) groups is 1. The van der Waals surface area contributed by atoms with Gasteiger partial charge in [0.1, 0.15) is 17.1 Å². The third kappa shape index (κ3) is 3.20. The van der Waals surface area contributed by atoms with Gasteiger partial charge in [-0.1, -0.05) is 23.7 Å². The minimum atomic E-state index is -0.776. The lowest BCUT2D eigenvalue weighted by Crippen LogP contribution is -2.29. The first kappa shape index (κ1) is 20.2. The SMILES string of the molecule is CCOc1ccc(N2C(=O)c3oc4ccc(Cl)cc4c(=O)c3C2c2cccc(O)c2)cc1. The maximum Gasteiger partial charge on any atom is 0.295 e. The van der Waals surface area contributed by atoms with Gasteiger partial charge in [0.15, 0.2) is 5.43 Å². The standard InChI is InChI=1S/C25H18ClNO5/c1-2-31-18-9-7-16(8-10-18)27-22(14-4-3-5-17(28)12-14)21-23(29)19-13-15(26)6-11-20(19)32-24(21)25(27)30/h3-13,22,28H,2H2,1H3. The van der Waals surface area contributed by atoms with E-state index in [-0.39, 0.29) is 28.1 Å². The van der Waals surface area contributed by atoms with Crippen LogP contribution in [0.15, 0.2) is 75.9 Å². The minimum absolute atomic E-state index is 0.0212. The van der Waals surface area contributed by atoms with E-state index in [0.717, 1.165) is 0 Å². The highest BCUT2D eigenvalue weighted by atomic mass is 35.5. The topological polar surface area (TPSA) is 80.0 Å². The fourth-order valence-electron chi connectivity index (χ4n) is 4.09. The first-order valence-corrected chi connectivity index (χ1v) is 10.5. The molecule has 160 valence electrons. The molecule has 32 heavy (non-hydrogen) atoms. The van der Waals surface area contributed by atoms with E-state index in [1.54, 1.807) is 48.5 Å². The third-order valence-corrected chi connectivity index (χ3v) is 5.68. The Balaban J connectivity index is 1.76. The molecule has 1 aromatic heterocycles. The van der Waals surface area contributed by atoms with Gasteiger partial charge < -0.3 is 14.3 Å². The summed E-state index contributed by atoms with van der Waals surface area (Å²) in [5.41, 5.74) is 1.32. The molecule has 2 heterocycles. The van der Waals surface area contributed by atoms with Gasteiger partial charge in [-0.05, 0) is 67.1 Å². The summed E-state index contributed by atoms with van der Waals surface area (Å²) in [5.74, 6) is 0.241. The number of phenols is 1. The molecule has 1 atom stereocenters. The maximum absolute atomic E-state index is 13.5. The van der Waals surface area contributed by atoms with Crippen LogP contribution < -0.4 is 15.1 Å². The molecule has 0 aliphatic carbocycles. The van der Waals surface area contributed by atoms with E-state index in [9.17, 15) is 14.7 Å². The van der Waals surface area contributed by atoms with Gasteiger partial charge >= 0.3 is 0 Å². The van der Waals surface area contributed by atoms with Gasteiger partial charge in [-0.3, -0.25) is 14.5 Å². The Morgan fingerprint density at radius 3 is 2.56 bits per heavy atom. The quantitative estimate of drug-likeness (QED) is 0.459. The third-order valence-electron chi connectivity index (χ3n) is 5.44. The van der Waals surface area contributed by atoms with Crippen molar-refractivity contribution in [1.82, 2.24) is 0 Å². The van der Waals surface area contributed by atoms with Crippen LogP contribution in [0.25, 0.3) is 11.0 Å². The highest BCUT2D eigenvalue weighted by molar-refractivity contribution is 6.31. The molecule has 1 unspecified atom stereocenters. The van der Waals surface area contributed by atoms with Crippen LogP contribution in [0.1, 0.15) is 34.6 Å². The zero-order valence-corrected chi connectivity index (χ0v) is 17.8. The number of benzene rings is 3. The van der Waals surface area contributed by atoms with Crippen molar-refractivity contribution in [3.63, 3.8) is 0 Å². The molecule has 7 heteroatoms. The summed E-state index contributed by atoms with van der Waals surface area (Å²) < 4.78 is 11.4. The number of halogens is 1. The molecule has 1 aliphatic heterocycles. The zero-order valence-electron chi connectivity index (χ0n) is 17.0. The second-order valence-corrected chi connectivity index (χ2v) is 7.85. The molecule has 5 rings (SSSR count). The number of ether oxygens (including phenoxy) is 1. The van der Waals surface area contributed by atoms with Crippen LogP contribution >= 0.6 is 11.6 Å². The molecule has 0 fully saturated rings. The van der Waals surface area contributed by atoms with Crippen molar-refractivity contribution in [2.45, 2.75) is 13.0 Å². The van der Waals surface area contributed by atoms with Crippen LogP contribution in [0.2, 0.25) is 5.02 Å². The van der Waals surface area contributed by atoms with Gasteiger partial charge in [0.05, 0.1) is 23.6 Å². The van der Waals surface area contributed by atoms with E-state index in [1.165, 1.54) is 23.1 Å². The number of fused-ring (bicyclic) bond motifs is 2. The number of anilines is 1. The van der Waals surface area contributed by atoms with E-state index in [1.807, 2.05) is 6.92 Å². The van der Waals surface area contributed by atoms with E-state index in [0.29, 0.717) is 34.0 Å². The highest BCUT2D eigenvalue weighted by Crippen LogP contribution is 2.42. The smallest absolute Gasteiger partial charge is 0.295 e. The number of amides is 1. The fraction of sp³-hybridized carbons (Fsp3) is 0.120. The van der Waals surface area contributed by atoms with Crippen LogP contribution in [0.5, 0.6) is 11.5 Å². The average molecular weight is 448 g/mol. The zero-order chi connectivity index (χ0) is 22.4. The first-order valence-electron chi connectivity index (χ1n) is 10.1. The summed E-state index contributed by atoms with van der Waals surface area (Å²) in [6.45, 7) is 2.41. The summed E-state index contributed by atoms with van der Waals surface area (Å²) in [4.78, 5) is 28.5. The van der Waals surface area contributed by atoms with Crippen molar-refractivity contribution in [3.8, 4) is 11.5 Å². The van der Waals surface area contributed by atoms with Crippen LogP contribution in [-0.4, -0.2) is 17.6 Å². The van der Waals surface area contributed by atoms with Gasteiger partial charge in [0, 0.05) is 10.7 Å². The van der Waals surface area contributed by atoms with Crippen LogP contribution in [0, 0.1) is 0 Å². The summed E-state index contributed by atoms with van der Waals surface area (Å²) in [7, 11) is 0. The van der Waals surface area contributed by atoms with Crippen molar-refractivity contribution >= 4 is 34.2 Å². The van der Waals surface area contributed by atoms with Gasteiger partial charge in [-0.2, -0.15) is 0 Å². The highest BCUT2D eigenvalue weighted by Gasteiger charge is 2.43. The monoisotopic (exact) mass is 447 g/mol. The van der Waals surface area contributed by atoms with Gasteiger partial charge in [-0.15, -0.1) is 0 Å². The molecule has 1 N–H and O–H groups in total. The molecule has 0 saturated heterocycles. The molecule has 3 aromatic carbocycles. The summed E-state index contributed by atoms with van der Waals surface area (Å²) in [6, 6.07) is 17.5. The van der Waals surface area contributed by atoms with Gasteiger partial charge in [0.2, 0.25) is 5.76 Å².